The number of carbonyl (C=O) groups excluding carboxylic acids is 1. The second-order valence-electron chi connectivity index (χ2n) is 6.11. The van der Waals surface area contributed by atoms with Gasteiger partial charge in [-0.25, -0.2) is 8.78 Å². The van der Waals surface area contributed by atoms with E-state index in [1.807, 2.05) is 13.8 Å². The predicted molar refractivity (Wildman–Crippen MR) is 79.0 cm³/mol. The first-order valence-corrected chi connectivity index (χ1v) is 7.72. The minimum atomic E-state index is -0.599. The zero-order valence-corrected chi connectivity index (χ0v) is 12.7. The molecule has 1 unspecified atom stereocenters. The van der Waals surface area contributed by atoms with Crippen LogP contribution in [0.2, 0.25) is 0 Å². The van der Waals surface area contributed by atoms with Crippen molar-refractivity contribution in [2.24, 2.45) is 5.92 Å². The number of benzene rings is 1. The molecule has 0 aromatic heterocycles. The minimum Gasteiger partial charge on any atom is -0.355 e. The van der Waals surface area contributed by atoms with Gasteiger partial charge >= 0.3 is 0 Å². The Hall–Kier alpha value is -1.45. The van der Waals surface area contributed by atoms with E-state index >= 15 is 0 Å². The molecule has 0 saturated heterocycles. The van der Waals surface area contributed by atoms with Crippen LogP contribution in [0.4, 0.5) is 8.78 Å². The van der Waals surface area contributed by atoms with Crippen molar-refractivity contribution >= 4 is 5.91 Å². The Morgan fingerprint density at radius 2 is 1.86 bits per heavy atom. The van der Waals surface area contributed by atoms with Gasteiger partial charge in [0.15, 0.2) is 0 Å². The predicted octanol–water partition coefficient (Wildman–Crippen LogP) is 3.94. The molecule has 1 fully saturated rings. The van der Waals surface area contributed by atoms with Crippen LogP contribution in [0.25, 0.3) is 0 Å². The highest BCUT2D eigenvalue weighted by Gasteiger charge is 2.40. The number of carbonyl (C=O) groups is 1. The van der Waals surface area contributed by atoms with Gasteiger partial charge in [0.05, 0.1) is 0 Å². The highest BCUT2D eigenvalue weighted by atomic mass is 19.1. The minimum absolute atomic E-state index is 0.0412. The van der Waals surface area contributed by atoms with Crippen LogP contribution in [0.15, 0.2) is 18.2 Å². The summed E-state index contributed by atoms with van der Waals surface area (Å²) < 4.78 is 28.3. The third-order valence-corrected chi connectivity index (χ3v) is 4.71. The first kappa shape index (κ1) is 15.9. The molecule has 2 nitrogen and oxygen atoms in total. The summed E-state index contributed by atoms with van der Waals surface area (Å²) in [6.07, 6.45) is 4.06. The van der Waals surface area contributed by atoms with Crippen LogP contribution in [0, 0.1) is 17.6 Å². The maximum absolute atomic E-state index is 14.1. The van der Waals surface area contributed by atoms with Gasteiger partial charge in [-0.1, -0.05) is 32.8 Å². The van der Waals surface area contributed by atoms with Crippen molar-refractivity contribution in [2.75, 3.05) is 6.54 Å². The zero-order valence-electron chi connectivity index (χ0n) is 12.7. The maximum Gasteiger partial charge on any atom is 0.222 e. The van der Waals surface area contributed by atoms with E-state index in [1.54, 1.807) is 0 Å². The molecule has 2 rings (SSSR count). The van der Waals surface area contributed by atoms with Crippen LogP contribution in [0.1, 0.15) is 51.5 Å². The molecular formula is C17H23F2NO. The standard InChI is InChI=1S/C17H23F2NO/c1-3-12(2)16(21)20-11-17(9-4-5-10-17)15-13(18)7-6-8-14(15)19/h6-8,12H,3-5,9-11H2,1-2H3,(H,20,21). The molecule has 21 heavy (non-hydrogen) atoms. The van der Waals surface area contributed by atoms with E-state index in [0.717, 1.165) is 19.3 Å². The molecule has 1 N–H and O–H groups in total. The molecule has 0 heterocycles. The molecule has 0 spiro atoms. The van der Waals surface area contributed by atoms with E-state index < -0.39 is 17.0 Å². The molecule has 116 valence electrons. The second kappa shape index (κ2) is 6.54. The van der Waals surface area contributed by atoms with Gasteiger partial charge in [-0.15, -0.1) is 0 Å². The summed E-state index contributed by atoms with van der Waals surface area (Å²) in [6, 6.07) is 3.98. The molecule has 1 atom stereocenters. The summed E-state index contributed by atoms with van der Waals surface area (Å²) in [6.45, 7) is 4.13. The Morgan fingerprint density at radius 1 is 1.29 bits per heavy atom. The first-order chi connectivity index (χ1) is 10.00. The molecule has 0 aliphatic heterocycles. The van der Waals surface area contributed by atoms with Gasteiger partial charge in [0.1, 0.15) is 11.6 Å². The van der Waals surface area contributed by atoms with Crippen LogP contribution in [-0.4, -0.2) is 12.5 Å². The average Bonchev–Trinajstić information content (AvgIpc) is 2.93. The quantitative estimate of drug-likeness (QED) is 0.876. The fourth-order valence-corrected chi connectivity index (χ4v) is 3.19. The summed E-state index contributed by atoms with van der Waals surface area (Å²) in [5.74, 6) is -1.13. The van der Waals surface area contributed by atoms with Gasteiger partial charge in [-0.3, -0.25) is 4.79 Å². The van der Waals surface area contributed by atoms with Crippen molar-refractivity contribution in [2.45, 2.75) is 51.4 Å². The van der Waals surface area contributed by atoms with E-state index in [4.69, 9.17) is 0 Å². The summed E-state index contributed by atoms with van der Waals surface area (Å²) in [7, 11) is 0. The smallest absolute Gasteiger partial charge is 0.222 e. The Bertz CT molecular complexity index is 489. The van der Waals surface area contributed by atoms with Crippen molar-refractivity contribution in [1.82, 2.24) is 5.32 Å². The summed E-state index contributed by atoms with van der Waals surface area (Å²) >= 11 is 0. The van der Waals surface area contributed by atoms with Crippen LogP contribution >= 0.6 is 0 Å². The van der Waals surface area contributed by atoms with Crippen LogP contribution in [-0.2, 0) is 10.2 Å². The van der Waals surface area contributed by atoms with E-state index in [0.29, 0.717) is 19.4 Å². The van der Waals surface area contributed by atoms with Gasteiger partial charge < -0.3 is 5.32 Å². The number of hydrogen-bond donors (Lipinski definition) is 1. The molecule has 0 radical (unpaired) electrons. The Morgan fingerprint density at radius 3 is 2.38 bits per heavy atom. The summed E-state index contributed by atoms with van der Waals surface area (Å²) in [4.78, 5) is 12.0. The highest BCUT2D eigenvalue weighted by molar-refractivity contribution is 5.78. The number of halogens is 2. The van der Waals surface area contributed by atoms with Gasteiger partial charge in [-0.2, -0.15) is 0 Å². The third kappa shape index (κ3) is 3.25. The van der Waals surface area contributed by atoms with Crippen LogP contribution in [0.5, 0.6) is 0 Å². The van der Waals surface area contributed by atoms with Gasteiger partial charge in [0.2, 0.25) is 5.91 Å². The van der Waals surface area contributed by atoms with Crippen molar-refractivity contribution in [3.05, 3.63) is 35.4 Å². The largest absolute Gasteiger partial charge is 0.355 e. The lowest BCUT2D eigenvalue weighted by atomic mass is 9.78. The fraction of sp³-hybridized carbons (Fsp3) is 0.588. The fourth-order valence-electron chi connectivity index (χ4n) is 3.19. The molecule has 4 heteroatoms. The van der Waals surface area contributed by atoms with E-state index in [1.165, 1.54) is 18.2 Å². The molecule has 0 bridgehead atoms. The number of nitrogens with one attached hydrogen (secondary N) is 1. The second-order valence-corrected chi connectivity index (χ2v) is 6.11. The van der Waals surface area contributed by atoms with E-state index in [9.17, 15) is 13.6 Å². The Kier molecular flexibility index (Phi) is 4.96. The van der Waals surface area contributed by atoms with E-state index in [2.05, 4.69) is 5.32 Å². The highest BCUT2D eigenvalue weighted by Crippen LogP contribution is 2.42. The lowest BCUT2D eigenvalue weighted by molar-refractivity contribution is -0.124. The molecule has 1 aliphatic rings. The molecule has 1 aromatic carbocycles. The van der Waals surface area contributed by atoms with Crippen molar-refractivity contribution in [3.63, 3.8) is 0 Å². The number of hydrogen-bond acceptors (Lipinski definition) is 1. The Balaban J connectivity index is 2.23. The first-order valence-electron chi connectivity index (χ1n) is 7.72. The molecule has 1 aromatic rings. The Labute approximate surface area is 124 Å². The monoisotopic (exact) mass is 295 g/mol. The SMILES string of the molecule is CCC(C)C(=O)NCC1(c2c(F)cccc2F)CCCC1. The molecule has 1 aliphatic carbocycles. The van der Waals surface area contributed by atoms with Crippen molar-refractivity contribution < 1.29 is 13.6 Å². The lowest BCUT2D eigenvalue weighted by Gasteiger charge is -2.31. The van der Waals surface area contributed by atoms with Crippen molar-refractivity contribution in [1.29, 1.82) is 0 Å². The molecular weight excluding hydrogens is 272 g/mol. The van der Waals surface area contributed by atoms with Gasteiger partial charge in [0, 0.05) is 23.4 Å². The van der Waals surface area contributed by atoms with Crippen LogP contribution in [0.3, 0.4) is 0 Å². The van der Waals surface area contributed by atoms with Crippen molar-refractivity contribution in [3.8, 4) is 0 Å². The topological polar surface area (TPSA) is 29.1 Å². The van der Waals surface area contributed by atoms with Crippen LogP contribution < -0.4 is 5.32 Å². The third-order valence-electron chi connectivity index (χ3n) is 4.71. The average molecular weight is 295 g/mol. The lowest BCUT2D eigenvalue weighted by Crippen LogP contribution is -2.42. The van der Waals surface area contributed by atoms with E-state index in [-0.39, 0.29) is 17.4 Å². The molecule has 1 saturated carbocycles. The number of amides is 1. The van der Waals surface area contributed by atoms with Gasteiger partial charge in [0.25, 0.3) is 0 Å². The number of rotatable bonds is 5. The maximum atomic E-state index is 14.1. The molecule has 1 amide bonds. The normalized spacial score (nSPS) is 18.5. The van der Waals surface area contributed by atoms with Gasteiger partial charge in [-0.05, 0) is 31.4 Å². The summed E-state index contributed by atoms with van der Waals surface area (Å²) in [5, 5.41) is 2.90. The zero-order chi connectivity index (χ0) is 15.5. The summed E-state index contributed by atoms with van der Waals surface area (Å²) in [5.41, 5.74) is -0.453.